The van der Waals surface area contributed by atoms with Crippen LogP contribution in [0.1, 0.15) is 303 Å². The minimum absolute atomic E-state index is 0.0732. The molecule has 0 N–H and O–H groups in total. The lowest BCUT2D eigenvalue weighted by Crippen LogP contribution is -2.30. The molecule has 0 aromatic carbocycles. The van der Waals surface area contributed by atoms with E-state index in [2.05, 4.69) is 69.4 Å². The maximum absolute atomic E-state index is 12.9. The maximum atomic E-state index is 12.9. The molecule has 390 valence electrons. The Balaban J connectivity index is 4.35. The first-order chi connectivity index (χ1) is 33.0. The quantitative estimate of drug-likeness (QED) is 0.0262. The third kappa shape index (κ3) is 54.2. The Morgan fingerprint density at radius 1 is 0.313 bits per heavy atom. The average Bonchev–Trinajstić information content (AvgIpc) is 3.33. The van der Waals surface area contributed by atoms with Crippen LogP contribution in [0.5, 0.6) is 0 Å². The second-order valence-corrected chi connectivity index (χ2v) is 19.5. The van der Waals surface area contributed by atoms with Gasteiger partial charge in [-0.15, -0.1) is 0 Å². The molecule has 6 nitrogen and oxygen atoms in total. The van der Waals surface area contributed by atoms with Gasteiger partial charge < -0.3 is 14.2 Å². The smallest absolute Gasteiger partial charge is 0.306 e. The number of ether oxygens (including phenoxy) is 3. The Bertz CT molecular complexity index is 1170. The van der Waals surface area contributed by atoms with Crippen molar-refractivity contribution in [3.8, 4) is 0 Å². The van der Waals surface area contributed by atoms with Crippen LogP contribution in [0.4, 0.5) is 0 Å². The van der Waals surface area contributed by atoms with E-state index in [-0.39, 0.29) is 31.1 Å². The van der Waals surface area contributed by atoms with Gasteiger partial charge in [0.1, 0.15) is 13.2 Å². The molecule has 1 unspecified atom stereocenters. The average molecular weight is 940 g/mol. The van der Waals surface area contributed by atoms with Gasteiger partial charge in [-0.05, 0) is 57.8 Å². The van der Waals surface area contributed by atoms with Crippen molar-refractivity contribution in [1.29, 1.82) is 0 Å². The van der Waals surface area contributed by atoms with E-state index in [1.807, 2.05) is 0 Å². The zero-order valence-corrected chi connectivity index (χ0v) is 44.7. The lowest BCUT2D eigenvalue weighted by Gasteiger charge is -2.18. The van der Waals surface area contributed by atoms with E-state index in [4.69, 9.17) is 14.2 Å². The highest BCUT2D eigenvalue weighted by atomic mass is 16.6. The molecule has 0 aromatic heterocycles. The summed E-state index contributed by atoms with van der Waals surface area (Å²) in [6, 6.07) is 0. The fourth-order valence-electron chi connectivity index (χ4n) is 8.49. The molecule has 0 radical (unpaired) electrons. The van der Waals surface area contributed by atoms with Crippen molar-refractivity contribution >= 4 is 17.9 Å². The van der Waals surface area contributed by atoms with Crippen molar-refractivity contribution in [1.82, 2.24) is 0 Å². The van der Waals surface area contributed by atoms with Crippen LogP contribution in [0.2, 0.25) is 0 Å². The lowest BCUT2D eigenvalue weighted by molar-refractivity contribution is -0.167. The van der Waals surface area contributed by atoms with Crippen molar-refractivity contribution in [2.24, 2.45) is 0 Å². The molecular weight excluding hydrogens is 829 g/mol. The Morgan fingerprint density at radius 3 is 0.910 bits per heavy atom. The van der Waals surface area contributed by atoms with E-state index in [9.17, 15) is 14.4 Å². The molecule has 0 amide bonds. The summed E-state index contributed by atoms with van der Waals surface area (Å²) in [6.45, 7) is 6.56. The normalized spacial score (nSPS) is 12.3. The van der Waals surface area contributed by atoms with Crippen molar-refractivity contribution in [3.05, 3.63) is 48.6 Å². The van der Waals surface area contributed by atoms with Crippen molar-refractivity contribution in [2.45, 2.75) is 309 Å². The first kappa shape index (κ1) is 64.4. The second kappa shape index (κ2) is 56.0. The van der Waals surface area contributed by atoms with Crippen LogP contribution in [-0.4, -0.2) is 37.2 Å². The molecule has 0 spiro atoms. The zero-order chi connectivity index (χ0) is 48.6. The van der Waals surface area contributed by atoms with Crippen LogP contribution in [0.3, 0.4) is 0 Å². The zero-order valence-electron chi connectivity index (χ0n) is 44.7. The van der Waals surface area contributed by atoms with Crippen LogP contribution < -0.4 is 0 Å². The molecule has 0 saturated heterocycles. The van der Waals surface area contributed by atoms with Crippen LogP contribution in [0.25, 0.3) is 0 Å². The first-order valence-electron chi connectivity index (χ1n) is 29.1. The topological polar surface area (TPSA) is 78.9 Å². The molecule has 0 fully saturated rings. The second-order valence-electron chi connectivity index (χ2n) is 19.5. The molecule has 0 rings (SSSR count). The summed E-state index contributed by atoms with van der Waals surface area (Å²) >= 11 is 0. The molecular formula is C61H110O6. The van der Waals surface area contributed by atoms with Crippen molar-refractivity contribution in [2.75, 3.05) is 13.2 Å². The predicted octanol–water partition coefficient (Wildman–Crippen LogP) is 19.4. The minimum atomic E-state index is -0.775. The van der Waals surface area contributed by atoms with Gasteiger partial charge in [0, 0.05) is 19.3 Å². The van der Waals surface area contributed by atoms with Gasteiger partial charge >= 0.3 is 17.9 Å². The minimum Gasteiger partial charge on any atom is -0.462 e. The number of unbranched alkanes of at least 4 members (excludes halogenated alkanes) is 34. The Hall–Kier alpha value is -2.63. The highest BCUT2D eigenvalue weighted by Gasteiger charge is 2.19. The maximum Gasteiger partial charge on any atom is 0.306 e. The van der Waals surface area contributed by atoms with Gasteiger partial charge in [-0.2, -0.15) is 0 Å². The van der Waals surface area contributed by atoms with E-state index in [1.165, 1.54) is 173 Å². The summed E-state index contributed by atoms with van der Waals surface area (Å²) in [5.41, 5.74) is 0. The fourth-order valence-corrected chi connectivity index (χ4v) is 8.49. The summed E-state index contributed by atoms with van der Waals surface area (Å²) in [5.74, 6) is -0.870. The summed E-state index contributed by atoms with van der Waals surface area (Å²) in [7, 11) is 0. The van der Waals surface area contributed by atoms with Gasteiger partial charge in [0.2, 0.25) is 0 Å². The molecule has 67 heavy (non-hydrogen) atoms. The van der Waals surface area contributed by atoms with Crippen LogP contribution in [0.15, 0.2) is 48.6 Å². The summed E-state index contributed by atoms with van der Waals surface area (Å²) in [5, 5.41) is 0. The summed E-state index contributed by atoms with van der Waals surface area (Å²) in [6.07, 6.45) is 68.1. The molecule has 1 atom stereocenters. The van der Waals surface area contributed by atoms with Gasteiger partial charge in [0.25, 0.3) is 0 Å². The van der Waals surface area contributed by atoms with Gasteiger partial charge in [-0.3, -0.25) is 14.4 Å². The van der Waals surface area contributed by atoms with Crippen LogP contribution in [-0.2, 0) is 28.6 Å². The van der Waals surface area contributed by atoms with E-state index in [1.54, 1.807) is 0 Å². The van der Waals surface area contributed by atoms with Crippen LogP contribution >= 0.6 is 0 Å². The number of esters is 3. The SMILES string of the molecule is CC/C=C\C/C=C\C/C=C\C/C=C\CCCCCCCCC(=O)OCC(COC(=O)CCCCCCCCCCCCCCC)OC(=O)CCCCCCCCCCCCCCCCCCC. The molecule has 0 aromatic rings. The fraction of sp³-hybridized carbons (Fsp3) is 0.820. The van der Waals surface area contributed by atoms with Gasteiger partial charge in [0.05, 0.1) is 0 Å². The van der Waals surface area contributed by atoms with Crippen molar-refractivity contribution < 1.29 is 28.6 Å². The summed E-state index contributed by atoms with van der Waals surface area (Å²) < 4.78 is 16.9. The molecule has 0 bridgehead atoms. The number of rotatable bonds is 53. The number of carbonyl (C=O) groups excluding carboxylic acids is 3. The standard InChI is InChI=1S/C61H110O6/c1-4-7-10-13-16-19-22-25-27-29-30-32-33-36-39-42-45-48-51-54-60(63)66-57-58(56-65-59(62)53-50-47-44-41-38-35-24-21-18-15-12-9-6-3)67-61(64)55-52-49-46-43-40-37-34-31-28-26-23-20-17-14-11-8-5-2/h7,10,16,19,25,27,30,32,58H,4-6,8-9,11-15,17-18,20-24,26,28-29,31,33-57H2,1-3H3/b10-7-,19-16-,27-25-,32-30-. The predicted molar refractivity (Wildman–Crippen MR) is 289 cm³/mol. The highest BCUT2D eigenvalue weighted by molar-refractivity contribution is 5.71. The monoisotopic (exact) mass is 939 g/mol. The van der Waals surface area contributed by atoms with E-state index < -0.39 is 6.10 Å². The molecule has 0 aliphatic rings. The third-order valence-corrected chi connectivity index (χ3v) is 12.8. The van der Waals surface area contributed by atoms with E-state index in [0.717, 1.165) is 89.9 Å². The Kier molecular flexibility index (Phi) is 53.8. The number of hydrogen-bond donors (Lipinski definition) is 0. The largest absolute Gasteiger partial charge is 0.462 e. The molecule has 6 heteroatoms. The number of allylic oxidation sites excluding steroid dienone is 8. The number of hydrogen-bond acceptors (Lipinski definition) is 6. The summed E-state index contributed by atoms with van der Waals surface area (Å²) in [4.78, 5) is 38.2. The van der Waals surface area contributed by atoms with Gasteiger partial charge in [-0.25, -0.2) is 0 Å². The Labute approximate surface area is 416 Å². The molecule has 0 aliphatic heterocycles. The highest BCUT2D eigenvalue weighted by Crippen LogP contribution is 2.17. The molecule has 0 saturated carbocycles. The molecule has 0 heterocycles. The van der Waals surface area contributed by atoms with Crippen LogP contribution in [0, 0.1) is 0 Å². The Morgan fingerprint density at radius 2 is 0.582 bits per heavy atom. The van der Waals surface area contributed by atoms with E-state index >= 15 is 0 Å². The van der Waals surface area contributed by atoms with Crippen molar-refractivity contribution in [3.63, 3.8) is 0 Å². The first-order valence-corrected chi connectivity index (χ1v) is 29.1. The number of carbonyl (C=O) groups is 3. The van der Waals surface area contributed by atoms with E-state index in [0.29, 0.717) is 19.3 Å². The third-order valence-electron chi connectivity index (χ3n) is 12.8. The lowest BCUT2D eigenvalue weighted by atomic mass is 10.0. The van der Waals surface area contributed by atoms with Gasteiger partial charge in [-0.1, -0.05) is 275 Å². The van der Waals surface area contributed by atoms with Gasteiger partial charge in [0.15, 0.2) is 6.10 Å². The molecule has 0 aliphatic carbocycles.